The molecule has 0 radical (unpaired) electrons. The van der Waals surface area contributed by atoms with E-state index in [2.05, 4.69) is 25.9 Å². The van der Waals surface area contributed by atoms with E-state index >= 15 is 0 Å². The predicted octanol–water partition coefficient (Wildman–Crippen LogP) is 3.44. The SMILES string of the molecule is CC(O)c1cc(Br)ccc1Sc1cnccn1. The number of aliphatic hydroxyl groups is 1. The standard InChI is InChI=1S/C12H11BrN2OS/c1-8(16)10-6-9(13)2-3-11(10)17-12-7-14-4-5-15-12/h2-8,16H,1H3. The molecule has 2 rings (SSSR count). The summed E-state index contributed by atoms with van der Waals surface area (Å²) in [5, 5.41) is 10.6. The zero-order valence-electron chi connectivity index (χ0n) is 9.17. The van der Waals surface area contributed by atoms with E-state index in [1.807, 2.05) is 18.2 Å². The number of rotatable bonds is 3. The van der Waals surface area contributed by atoms with Gasteiger partial charge >= 0.3 is 0 Å². The lowest BCUT2D eigenvalue weighted by Crippen LogP contribution is -1.94. The second kappa shape index (κ2) is 5.62. The highest BCUT2D eigenvalue weighted by molar-refractivity contribution is 9.10. The molecule has 0 bridgehead atoms. The van der Waals surface area contributed by atoms with Crippen LogP contribution < -0.4 is 0 Å². The first-order valence-electron chi connectivity index (χ1n) is 5.08. The first kappa shape index (κ1) is 12.5. The van der Waals surface area contributed by atoms with E-state index < -0.39 is 6.10 Å². The zero-order valence-corrected chi connectivity index (χ0v) is 11.6. The predicted molar refractivity (Wildman–Crippen MR) is 70.9 cm³/mol. The Labute approximate surface area is 112 Å². The number of nitrogens with zero attached hydrogens (tertiary/aromatic N) is 2. The number of halogens is 1. The van der Waals surface area contributed by atoms with Gasteiger partial charge in [0.15, 0.2) is 0 Å². The van der Waals surface area contributed by atoms with Crippen LogP contribution in [0.4, 0.5) is 0 Å². The molecule has 0 aliphatic carbocycles. The molecule has 0 aliphatic heterocycles. The normalized spacial score (nSPS) is 12.4. The monoisotopic (exact) mass is 310 g/mol. The minimum absolute atomic E-state index is 0.508. The van der Waals surface area contributed by atoms with Gasteiger partial charge in [-0.3, -0.25) is 4.98 Å². The summed E-state index contributed by atoms with van der Waals surface area (Å²) >= 11 is 4.90. The van der Waals surface area contributed by atoms with Crippen LogP contribution >= 0.6 is 27.7 Å². The number of hydrogen-bond donors (Lipinski definition) is 1. The number of aromatic nitrogens is 2. The molecule has 1 unspecified atom stereocenters. The maximum Gasteiger partial charge on any atom is 0.119 e. The highest BCUT2D eigenvalue weighted by Gasteiger charge is 2.10. The fraction of sp³-hybridized carbons (Fsp3) is 0.167. The van der Waals surface area contributed by atoms with Gasteiger partial charge in [0.25, 0.3) is 0 Å². The third-order valence-corrected chi connectivity index (χ3v) is 3.68. The lowest BCUT2D eigenvalue weighted by atomic mass is 10.1. The molecule has 88 valence electrons. The largest absolute Gasteiger partial charge is 0.389 e. The Morgan fingerprint density at radius 2 is 2.18 bits per heavy atom. The number of hydrogen-bond acceptors (Lipinski definition) is 4. The molecular weight excluding hydrogens is 300 g/mol. The Bertz CT molecular complexity index is 505. The van der Waals surface area contributed by atoms with Gasteiger partial charge in [0.2, 0.25) is 0 Å². The van der Waals surface area contributed by atoms with E-state index in [0.717, 1.165) is 20.0 Å². The van der Waals surface area contributed by atoms with Gasteiger partial charge in [-0.05, 0) is 30.7 Å². The summed E-state index contributed by atoms with van der Waals surface area (Å²) in [6, 6.07) is 5.83. The summed E-state index contributed by atoms with van der Waals surface area (Å²) in [5.74, 6) is 0. The molecule has 3 nitrogen and oxygen atoms in total. The van der Waals surface area contributed by atoms with Crippen LogP contribution in [-0.4, -0.2) is 15.1 Å². The van der Waals surface area contributed by atoms with E-state index in [4.69, 9.17) is 0 Å². The van der Waals surface area contributed by atoms with Crippen molar-refractivity contribution in [1.82, 2.24) is 9.97 Å². The van der Waals surface area contributed by atoms with Gasteiger partial charge in [0.05, 0.1) is 12.3 Å². The summed E-state index contributed by atoms with van der Waals surface area (Å²) in [6.07, 6.45) is 4.50. The second-order valence-electron chi connectivity index (χ2n) is 3.50. The molecule has 1 aromatic heterocycles. The molecule has 1 atom stereocenters. The van der Waals surface area contributed by atoms with E-state index in [1.165, 1.54) is 11.8 Å². The zero-order chi connectivity index (χ0) is 12.3. The van der Waals surface area contributed by atoms with Crippen molar-refractivity contribution < 1.29 is 5.11 Å². The first-order valence-corrected chi connectivity index (χ1v) is 6.69. The van der Waals surface area contributed by atoms with Crippen molar-refractivity contribution >= 4 is 27.7 Å². The summed E-state index contributed by atoms with van der Waals surface area (Å²) < 4.78 is 0.955. The molecule has 0 fully saturated rings. The lowest BCUT2D eigenvalue weighted by Gasteiger charge is -2.11. The van der Waals surface area contributed by atoms with Crippen LogP contribution in [0, 0.1) is 0 Å². The van der Waals surface area contributed by atoms with Crippen molar-refractivity contribution in [3.05, 3.63) is 46.8 Å². The fourth-order valence-corrected chi connectivity index (χ4v) is 2.70. The Hall–Kier alpha value is -0.910. The highest BCUT2D eigenvalue weighted by Crippen LogP contribution is 2.33. The van der Waals surface area contributed by atoms with Gasteiger partial charge in [-0.15, -0.1) is 0 Å². The van der Waals surface area contributed by atoms with E-state index in [0.29, 0.717) is 0 Å². The molecule has 1 aromatic carbocycles. The van der Waals surface area contributed by atoms with Crippen LogP contribution in [0.25, 0.3) is 0 Å². The molecule has 17 heavy (non-hydrogen) atoms. The Balaban J connectivity index is 2.33. The van der Waals surface area contributed by atoms with Crippen molar-refractivity contribution in [2.75, 3.05) is 0 Å². The van der Waals surface area contributed by atoms with E-state index in [9.17, 15) is 5.11 Å². The highest BCUT2D eigenvalue weighted by atomic mass is 79.9. The van der Waals surface area contributed by atoms with E-state index in [1.54, 1.807) is 25.5 Å². The van der Waals surface area contributed by atoms with Gasteiger partial charge < -0.3 is 5.11 Å². The molecule has 0 saturated heterocycles. The average Bonchev–Trinajstić information content (AvgIpc) is 2.32. The summed E-state index contributed by atoms with van der Waals surface area (Å²) in [4.78, 5) is 9.21. The summed E-state index contributed by atoms with van der Waals surface area (Å²) in [6.45, 7) is 1.75. The summed E-state index contributed by atoms with van der Waals surface area (Å²) in [7, 11) is 0. The van der Waals surface area contributed by atoms with Crippen molar-refractivity contribution in [3.8, 4) is 0 Å². The van der Waals surface area contributed by atoms with Gasteiger partial charge in [-0.1, -0.05) is 27.7 Å². The Morgan fingerprint density at radius 1 is 1.35 bits per heavy atom. The molecule has 0 amide bonds. The molecule has 5 heteroatoms. The maximum absolute atomic E-state index is 9.74. The maximum atomic E-state index is 9.74. The smallest absolute Gasteiger partial charge is 0.119 e. The van der Waals surface area contributed by atoms with E-state index in [-0.39, 0.29) is 0 Å². The van der Waals surface area contributed by atoms with Crippen LogP contribution in [-0.2, 0) is 0 Å². The van der Waals surface area contributed by atoms with Crippen LogP contribution in [0.15, 0.2) is 51.2 Å². The topological polar surface area (TPSA) is 46.0 Å². The quantitative estimate of drug-likeness (QED) is 0.943. The third kappa shape index (κ3) is 3.28. The second-order valence-corrected chi connectivity index (χ2v) is 5.48. The van der Waals surface area contributed by atoms with Crippen molar-refractivity contribution in [1.29, 1.82) is 0 Å². The molecule has 2 aromatic rings. The minimum atomic E-state index is -0.508. The van der Waals surface area contributed by atoms with Gasteiger partial charge in [0.1, 0.15) is 5.03 Å². The van der Waals surface area contributed by atoms with Crippen LogP contribution in [0.5, 0.6) is 0 Å². The van der Waals surface area contributed by atoms with Gasteiger partial charge in [-0.2, -0.15) is 0 Å². The van der Waals surface area contributed by atoms with Gasteiger partial charge in [0, 0.05) is 21.8 Å². The number of aliphatic hydroxyl groups excluding tert-OH is 1. The molecule has 0 saturated carbocycles. The molecule has 1 heterocycles. The van der Waals surface area contributed by atoms with Crippen molar-refractivity contribution in [3.63, 3.8) is 0 Å². The molecule has 1 N–H and O–H groups in total. The summed E-state index contributed by atoms with van der Waals surface area (Å²) in [5.41, 5.74) is 0.884. The number of benzene rings is 1. The van der Waals surface area contributed by atoms with Crippen LogP contribution in [0.3, 0.4) is 0 Å². The molecular formula is C12H11BrN2OS. The Morgan fingerprint density at radius 3 is 2.82 bits per heavy atom. The molecule has 0 spiro atoms. The average molecular weight is 311 g/mol. The Kier molecular flexibility index (Phi) is 4.15. The first-order chi connectivity index (χ1) is 8.16. The molecule has 0 aliphatic rings. The third-order valence-electron chi connectivity index (χ3n) is 2.18. The van der Waals surface area contributed by atoms with Gasteiger partial charge in [-0.25, -0.2) is 4.98 Å². The van der Waals surface area contributed by atoms with Crippen LogP contribution in [0.2, 0.25) is 0 Å². The van der Waals surface area contributed by atoms with Crippen molar-refractivity contribution in [2.24, 2.45) is 0 Å². The minimum Gasteiger partial charge on any atom is -0.389 e. The van der Waals surface area contributed by atoms with Crippen LogP contribution in [0.1, 0.15) is 18.6 Å². The fourth-order valence-electron chi connectivity index (χ4n) is 1.39. The van der Waals surface area contributed by atoms with Crippen molar-refractivity contribution in [2.45, 2.75) is 22.9 Å². The lowest BCUT2D eigenvalue weighted by molar-refractivity contribution is 0.196.